The number of hydrogen-bond acceptors (Lipinski definition) is 2. The molecule has 66 valence electrons. The van der Waals surface area contributed by atoms with Gasteiger partial charge in [0.25, 0.3) is 0 Å². The molecule has 3 heteroatoms. The molecule has 0 spiro atoms. The quantitative estimate of drug-likeness (QED) is 0.738. The number of primary amides is 1. The fourth-order valence-corrected chi connectivity index (χ4v) is 2.26. The zero-order valence-corrected chi connectivity index (χ0v) is 8.02. The lowest BCUT2D eigenvalue weighted by Crippen LogP contribution is -2.09. The predicted molar refractivity (Wildman–Crippen MR) is 55.1 cm³/mol. The van der Waals surface area contributed by atoms with Crippen LogP contribution in [0.5, 0.6) is 0 Å². The van der Waals surface area contributed by atoms with Gasteiger partial charge >= 0.3 is 0 Å². The summed E-state index contributed by atoms with van der Waals surface area (Å²) in [7, 11) is 0. The van der Waals surface area contributed by atoms with Crippen molar-refractivity contribution in [2.75, 3.05) is 0 Å². The Kier molecular flexibility index (Phi) is 1.81. The van der Waals surface area contributed by atoms with Crippen LogP contribution in [0.3, 0.4) is 0 Å². The Morgan fingerprint density at radius 1 is 1.46 bits per heavy atom. The number of amides is 1. The van der Waals surface area contributed by atoms with E-state index in [-0.39, 0.29) is 5.91 Å². The maximum Gasteiger partial charge on any atom is 0.250 e. The summed E-state index contributed by atoms with van der Waals surface area (Å²) < 4.78 is 1.11. The highest BCUT2D eigenvalue weighted by molar-refractivity contribution is 7.17. The second-order valence-corrected chi connectivity index (χ2v) is 3.92. The van der Waals surface area contributed by atoms with Gasteiger partial charge in [0.1, 0.15) is 0 Å². The highest BCUT2D eigenvalue weighted by Crippen LogP contribution is 2.26. The molecule has 0 saturated heterocycles. The van der Waals surface area contributed by atoms with E-state index in [0.29, 0.717) is 5.56 Å². The van der Waals surface area contributed by atoms with Gasteiger partial charge in [-0.25, -0.2) is 0 Å². The molecule has 2 aromatic rings. The van der Waals surface area contributed by atoms with Gasteiger partial charge < -0.3 is 5.73 Å². The molecule has 0 atom stereocenters. The third-order valence-electron chi connectivity index (χ3n) is 1.99. The average Bonchev–Trinajstić information content (AvgIpc) is 2.46. The molecule has 2 nitrogen and oxygen atoms in total. The molecule has 1 heterocycles. The first-order chi connectivity index (χ1) is 6.18. The minimum atomic E-state index is -0.350. The predicted octanol–water partition coefficient (Wildman–Crippen LogP) is 2.31. The van der Waals surface area contributed by atoms with Gasteiger partial charge in [0, 0.05) is 15.5 Å². The molecular formula is C10H9NOS. The van der Waals surface area contributed by atoms with Crippen molar-refractivity contribution in [1.29, 1.82) is 0 Å². The Labute approximate surface area is 80.0 Å². The molecule has 0 saturated carbocycles. The number of aryl methyl sites for hydroxylation is 1. The Balaban J connectivity index is 2.79. The van der Waals surface area contributed by atoms with Crippen LogP contribution in [-0.4, -0.2) is 5.91 Å². The van der Waals surface area contributed by atoms with Crippen LogP contribution in [0.4, 0.5) is 0 Å². The highest BCUT2D eigenvalue weighted by atomic mass is 32.1. The molecule has 1 amide bonds. The van der Waals surface area contributed by atoms with Gasteiger partial charge in [-0.15, -0.1) is 11.3 Å². The fourth-order valence-electron chi connectivity index (χ4n) is 1.33. The van der Waals surface area contributed by atoms with Crippen molar-refractivity contribution < 1.29 is 4.79 Å². The van der Waals surface area contributed by atoms with E-state index in [9.17, 15) is 4.79 Å². The molecule has 0 aliphatic heterocycles. The number of rotatable bonds is 1. The van der Waals surface area contributed by atoms with Crippen LogP contribution < -0.4 is 5.73 Å². The molecule has 13 heavy (non-hydrogen) atoms. The van der Waals surface area contributed by atoms with E-state index in [0.717, 1.165) is 15.6 Å². The van der Waals surface area contributed by atoms with Gasteiger partial charge in [-0.2, -0.15) is 0 Å². The van der Waals surface area contributed by atoms with Crippen molar-refractivity contribution in [2.45, 2.75) is 6.92 Å². The minimum absolute atomic E-state index is 0.350. The van der Waals surface area contributed by atoms with E-state index in [2.05, 4.69) is 0 Å². The number of nitrogens with two attached hydrogens (primary N) is 1. The summed E-state index contributed by atoms with van der Waals surface area (Å²) in [6, 6.07) is 6.04. The number of fused-ring (bicyclic) bond motifs is 1. The number of thiophene rings is 1. The number of carbonyl (C=O) groups excluding carboxylic acids is 1. The van der Waals surface area contributed by atoms with E-state index in [4.69, 9.17) is 5.73 Å². The molecule has 0 aliphatic rings. The lowest BCUT2D eigenvalue weighted by Gasteiger charge is -1.94. The summed E-state index contributed by atoms with van der Waals surface area (Å²) in [6.07, 6.45) is 0. The highest BCUT2D eigenvalue weighted by Gasteiger charge is 2.07. The summed E-state index contributed by atoms with van der Waals surface area (Å²) in [6.45, 7) is 2.00. The second-order valence-electron chi connectivity index (χ2n) is 3.01. The van der Waals surface area contributed by atoms with Crippen molar-refractivity contribution in [3.63, 3.8) is 0 Å². The lowest BCUT2D eigenvalue weighted by molar-refractivity contribution is 0.100. The van der Waals surface area contributed by atoms with Crippen molar-refractivity contribution >= 4 is 27.3 Å². The summed E-state index contributed by atoms with van der Waals surface area (Å²) in [4.78, 5) is 11.0. The second kappa shape index (κ2) is 2.85. The summed E-state index contributed by atoms with van der Waals surface area (Å²) in [5.41, 5.74) is 7.02. The zero-order valence-electron chi connectivity index (χ0n) is 7.20. The van der Waals surface area contributed by atoms with Crippen molar-refractivity contribution in [1.82, 2.24) is 0 Å². The first-order valence-corrected chi connectivity index (χ1v) is 4.84. The average molecular weight is 191 g/mol. The van der Waals surface area contributed by atoms with Gasteiger partial charge in [-0.3, -0.25) is 4.79 Å². The largest absolute Gasteiger partial charge is 0.366 e. The van der Waals surface area contributed by atoms with Crippen molar-refractivity contribution in [3.05, 3.63) is 34.7 Å². The molecule has 0 fully saturated rings. The fraction of sp³-hybridized carbons (Fsp3) is 0.100. The number of hydrogen-bond donors (Lipinski definition) is 1. The Morgan fingerprint density at radius 2 is 2.23 bits per heavy atom. The topological polar surface area (TPSA) is 43.1 Å². The van der Waals surface area contributed by atoms with Crippen LogP contribution in [0, 0.1) is 6.92 Å². The molecule has 0 radical (unpaired) electrons. The van der Waals surface area contributed by atoms with Gasteiger partial charge in [0.05, 0.1) is 5.56 Å². The van der Waals surface area contributed by atoms with Crippen molar-refractivity contribution in [2.24, 2.45) is 5.73 Å². The normalized spacial score (nSPS) is 10.5. The maximum absolute atomic E-state index is 11.0. The Morgan fingerprint density at radius 3 is 2.92 bits per heavy atom. The summed E-state index contributed by atoms with van der Waals surface area (Å²) in [5, 5.41) is 2.78. The van der Waals surface area contributed by atoms with E-state index >= 15 is 0 Å². The van der Waals surface area contributed by atoms with Gasteiger partial charge in [0.15, 0.2) is 0 Å². The van der Waals surface area contributed by atoms with Crippen molar-refractivity contribution in [3.8, 4) is 0 Å². The molecular weight excluding hydrogens is 182 g/mol. The van der Waals surface area contributed by atoms with Gasteiger partial charge in [0.2, 0.25) is 5.91 Å². The van der Waals surface area contributed by atoms with Crippen LogP contribution >= 0.6 is 11.3 Å². The molecule has 0 aliphatic carbocycles. The van der Waals surface area contributed by atoms with Gasteiger partial charge in [-0.1, -0.05) is 11.6 Å². The zero-order chi connectivity index (χ0) is 9.42. The maximum atomic E-state index is 11.0. The first-order valence-electron chi connectivity index (χ1n) is 3.96. The van der Waals surface area contributed by atoms with Crippen LogP contribution in [0.15, 0.2) is 23.6 Å². The lowest BCUT2D eigenvalue weighted by atomic mass is 10.1. The van der Waals surface area contributed by atoms with Crippen LogP contribution in [-0.2, 0) is 0 Å². The van der Waals surface area contributed by atoms with E-state index < -0.39 is 0 Å². The van der Waals surface area contributed by atoms with E-state index in [1.807, 2.05) is 30.5 Å². The number of carbonyl (C=O) groups is 1. The van der Waals surface area contributed by atoms with Gasteiger partial charge in [-0.05, 0) is 19.1 Å². The molecule has 1 aromatic heterocycles. The van der Waals surface area contributed by atoms with E-state index in [1.54, 1.807) is 11.3 Å². The molecule has 2 rings (SSSR count). The van der Waals surface area contributed by atoms with Crippen LogP contribution in [0.1, 0.15) is 15.9 Å². The van der Waals surface area contributed by atoms with Crippen LogP contribution in [0.25, 0.3) is 10.1 Å². The van der Waals surface area contributed by atoms with E-state index in [1.165, 1.54) is 0 Å². The molecule has 0 bridgehead atoms. The van der Waals surface area contributed by atoms with Crippen LogP contribution in [0.2, 0.25) is 0 Å². The summed E-state index contributed by atoms with van der Waals surface area (Å²) in [5.74, 6) is -0.350. The minimum Gasteiger partial charge on any atom is -0.366 e. The number of benzene rings is 1. The molecule has 2 N–H and O–H groups in total. The molecule has 1 aromatic carbocycles. The SMILES string of the molecule is Cc1ccc2scc(C(N)=O)c2c1. The third kappa shape index (κ3) is 1.31. The smallest absolute Gasteiger partial charge is 0.250 e. The molecule has 0 unspecified atom stereocenters. The first kappa shape index (κ1) is 8.26. The Hall–Kier alpha value is -1.35. The Bertz CT molecular complexity index is 473. The summed E-state index contributed by atoms with van der Waals surface area (Å²) >= 11 is 1.55. The third-order valence-corrected chi connectivity index (χ3v) is 2.96. The monoisotopic (exact) mass is 191 g/mol. The standard InChI is InChI=1S/C10H9NOS/c1-6-2-3-9-7(4-6)8(5-13-9)10(11)12/h2-5H,1H3,(H2,11,12).